The highest BCUT2D eigenvalue weighted by molar-refractivity contribution is 5.63. The van der Waals surface area contributed by atoms with Gasteiger partial charge in [0.05, 0.1) is 5.69 Å². The molecule has 0 unspecified atom stereocenters. The largest absolute Gasteiger partial charge is 0.362 e. The summed E-state index contributed by atoms with van der Waals surface area (Å²) in [7, 11) is 0. The minimum Gasteiger partial charge on any atom is -0.362 e. The molecule has 2 nitrogen and oxygen atoms in total. The third kappa shape index (κ3) is 4.73. The lowest BCUT2D eigenvalue weighted by molar-refractivity contribution is 0.696. The Morgan fingerprint density at radius 3 is 2.38 bits per heavy atom. The Morgan fingerprint density at radius 1 is 0.952 bits per heavy atom. The van der Waals surface area contributed by atoms with E-state index in [9.17, 15) is 0 Å². The third-order valence-corrected chi connectivity index (χ3v) is 3.98. The molecule has 114 valence electrons. The normalized spacial score (nSPS) is 11.0. The first-order valence-electron chi connectivity index (χ1n) is 8.47. The molecule has 0 bridgehead atoms. The van der Waals surface area contributed by atoms with Crippen molar-refractivity contribution in [3.63, 3.8) is 0 Å². The molecule has 2 heteroatoms. The summed E-state index contributed by atoms with van der Waals surface area (Å²) in [6, 6.07) is 8.48. The van der Waals surface area contributed by atoms with Gasteiger partial charge < -0.3 is 4.98 Å². The monoisotopic (exact) mass is 284 g/mol. The molecule has 2 heterocycles. The van der Waals surface area contributed by atoms with Crippen LogP contribution in [0, 0.1) is 0 Å². The summed E-state index contributed by atoms with van der Waals surface area (Å²) in [5.41, 5.74) is 5.14. The molecule has 1 N–H and O–H groups in total. The molecule has 0 fully saturated rings. The number of hydrogen-bond acceptors (Lipinski definition) is 1. The first-order valence-corrected chi connectivity index (χ1v) is 8.47. The average Bonchev–Trinajstić information content (AvgIpc) is 2.92. The van der Waals surface area contributed by atoms with E-state index in [0.717, 1.165) is 18.5 Å². The number of aromatic amines is 1. The van der Waals surface area contributed by atoms with E-state index in [1.165, 1.54) is 55.5 Å². The summed E-state index contributed by atoms with van der Waals surface area (Å²) in [6.45, 7) is 4.51. The maximum absolute atomic E-state index is 4.53. The molecule has 0 radical (unpaired) electrons. The van der Waals surface area contributed by atoms with Crippen molar-refractivity contribution >= 4 is 0 Å². The lowest BCUT2D eigenvalue weighted by Gasteiger charge is -2.03. The van der Waals surface area contributed by atoms with Gasteiger partial charge in [-0.1, -0.05) is 45.6 Å². The van der Waals surface area contributed by atoms with Gasteiger partial charge in [0.1, 0.15) is 0 Å². The van der Waals surface area contributed by atoms with E-state index in [0.29, 0.717) is 0 Å². The molecule has 0 aliphatic heterocycles. The van der Waals surface area contributed by atoms with Gasteiger partial charge in [-0.3, -0.25) is 4.98 Å². The molecule has 0 atom stereocenters. The van der Waals surface area contributed by atoms with Crippen molar-refractivity contribution < 1.29 is 0 Å². The molecule has 0 aromatic carbocycles. The summed E-state index contributed by atoms with van der Waals surface area (Å²) in [6.07, 6.45) is 11.8. The van der Waals surface area contributed by atoms with Crippen LogP contribution in [0.4, 0.5) is 0 Å². The molecular formula is C19H28N2. The van der Waals surface area contributed by atoms with Crippen LogP contribution in [0.15, 0.2) is 30.5 Å². The Bertz CT molecular complexity index is 514. The van der Waals surface area contributed by atoms with Crippen molar-refractivity contribution in [3.05, 3.63) is 41.9 Å². The minimum atomic E-state index is 1.10. The molecule has 2 rings (SSSR count). The van der Waals surface area contributed by atoms with Gasteiger partial charge in [-0.05, 0) is 43.9 Å². The van der Waals surface area contributed by atoms with Gasteiger partial charge in [0.25, 0.3) is 0 Å². The maximum atomic E-state index is 4.53. The molecule has 21 heavy (non-hydrogen) atoms. The fraction of sp³-hybridized carbons (Fsp3) is 0.526. The number of aryl methyl sites for hydroxylation is 2. The molecule has 0 aliphatic carbocycles. The lowest BCUT2D eigenvalue weighted by Crippen LogP contribution is -1.91. The number of H-pyrrole nitrogens is 1. The van der Waals surface area contributed by atoms with Crippen molar-refractivity contribution in [2.45, 2.75) is 65.2 Å². The van der Waals surface area contributed by atoms with Crippen molar-refractivity contribution in [1.82, 2.24) is 9.97 Å². The second kappa shape index (κ2) is 8.66. The van der Waals surface area contributed by atoms with E-state index in [1.807, 2.05) is 12.3 Å². The van der Waals surface area contributed by atoms with Gasteiger partial charge in [-0.15, -0.1) is 0 Å². The molecule has 0 aliphatic rings. The van der Waals surface area contributed by atoms with Crippen LogP contribution >= 0.6 is 0 Å². The van der Waals surface area contributed by atoms with Crippen LogP contribution in [-0.4, -0.2) is 9.97 Å². The number of unbranched alkanes of at least 4 members (excludes halogenated alkanes) is 4. The van der Waals surface area contributed by atoms with Crippen molar-refractivity contribution in [3.8, 4) is 11.3 Å². The SMILES string of the molecule is CCCCCc1cc(-c2ccccn2)c(CCCCC)[nH]1. The molecule has 0 amide bonds. The highest BCUT2D eigenvalue weighted by Gasteiger charge is 2.10. The number of nitrogens with one attached hydrogen (secondary N) is 1. The number of hydrogen-bond donors (Lipinski definition) is 1. The Hall–Kier alpha value is -1.57. The molecule has 0 spiro atoms. The Labute approximate surface area is 129 Å². The van der Waals surface area contributed by atoms with Gasteiger partial charge in [0, 0.05) is 23.1 Å². The predicted octanol–water partition coefficient (Wildman–Crippen LogP) is 5.54. The van der Waals surface area contributed by atoms with E-state index in [-0.39, 0.29) is 0 Å². The summed E-state index contributed by atoms with van der Waals surface area (Å²) in [5, 5.41) is 0. The zero-order valence-electron chi connectivity index (χ0n) is 13.5. The van der Waals surface area contributed by atoms with Crippen LogP contribution in [0.5, 0.6) is 0 Å². The van der Waals surface area contributed by atoms with Crippen LogP contribution in [0.3, 0.4) is 0 Å². The van der Waals surface area contributed by atoms with Gasteiger partial charge in [-0.25, -0.2) is 0 Å². The lowest BCUT2D eigenvalue weighted by atomic mass is 10.1. The summed E-state index contributed by atoms with van der Waals surface area (Å²) in [5.74, 6) is 0. The Balaban J connectivity index is 2.15. The highest BCUT2D eigenvalue weighted by Crippen LogP contribution is 2.25. The number of pyridine rings is 1. The Kier molecular flexibility index (Phi) is 6.52. The molecular weight excluding hydrogens is 256 g/mol. The smallest absolute Gasteiger partial charge is 0.0720 e. The first-order chi connectivity index (χ1) is 10.3. The first kappa shape index (κ1) is 15.8. The predicted molar refractivity (Wildman–Crippen MR) is 90.5 cm³/mol. The maximum Gasteiger partial charge on any atom is 0.0720 e. The molecule has 0 saturated heterocycles. The van der Waals surface area contributed by atoms with E-state index in [2.05, 4.69) is 42.0 Å². The van der Waals surface area contributed by atoms with E-state index in [1.54, 1.807) is 0 Å². The zero-order chi connectivity index (χ0) is 14.9. The van der Waals surface area contributed by atoms with Crippen molar-refractivity contribution in [2.75, 3.05) is 0 Å². The standard InChI is InChI=1S/C19H28N2/c1-3-5-7-11-16-15-17(18-12-9-10-14-20-18)19(21-16)13-8-6-4-2/h9-10,12,14-15,21H,3-8,11,13H2,1-2H3. The molecule has 2 aromatic heterocycles. The summed E-state index contributed by atoms with van der Waals surface area (Å²) in [4.78, 5) is 8.19. The second-order valence-electron chi connectivity index (χ2n) is 5.82. The van der Waals surface area contributed by atoms with Crippen LogP contribution in [0.1, 0.15) is 63.8 Å². The minimum absolute atomic E-state index is 1.10. The molecule has 0 saturated carbocycles. The number of aromatic nitrogens is 2. The number of rotatable bonds is 9. The quantitative estimate of drug-likeness (QED) is 0.601. The van der Waals surface area contributed by atoms with Crippen molar-refractivity contribution in [1.29, 1.82) is 0 Å². The summed E-state index contributed by atoms with van der Waals surface area (Å²) >= 11 is 0. The molecule has 2 aromatic rings. The van der Waals surface area contributed by atoms with E-state index >= 15 is 0 Å². The van der Waals surface area contributed by atoms with Crippen LogP contribution in [0.2, 0.25) is 0 Å². The fourth-order valence-corrected chi connectivity index (χ4v) is 2.76. The van der Waals surface area contributed by atoms with Crippen LogP contribution < -0.4 is 0 Å². The highest BCUT2D eigenvalue weighted by atomic mass is 14.8. The van der Waals surface area contributed by atoms with Crippen molar-refractivity contribution in [2.24, 2.45) is 0 Å². The third-order valence-electron chi connectivity index (χ3n) is 3.98. The van der Waals surface area contributed by atoms with Gasteiger partial charge >= 0.3 is 0 Å². The second-order valence-corrected chi connectivity index (χ2v) is 5.82. The average molecular weight is 284 g/mol. The van der Waals surface area contributed by atoms with Crippen LogP contribution in [-0.2, 0) is 12.8 Å². The van der Waals surface area contributed by atoms with Crippen LogP contribution in [0.25, 0.3) is 11.3 Å². The van der Waals surface area contributed by atoms with Gasteiger partial charge in [0.15, 0.2) is 0 Å². The van der Waals surface area contributed by atoms with Gasteiger partial charge in [0.2, 0.25) is 0 Å². The topological polar surface area (TPSA) is 28.7 Å². The Morgan fingerprint density at radius 2 is 1.71 bits per heavy atom. The zero-order valence-corrected chi connectivity index (χ0v) is 13.5. The number of nitrogens with zero attached hydrogens (tertiary/aromatic N) is 1. The van der Waals surface area contributed by atoms with Gasteiger partial charge in [-0.2, -0.15) is 0 Å². The van der Waals surface area contributed by atoms with E-state index in [4.69, 9.17) is 0 Å². The summed E-state index contributed by atoms with van der Waals surface area (Å²) < 4.78 is 0. The van der Waals surface area contributed by atoms with E-state index < -0.39 is 0 Å². The fourth-order valence-electron chi connectivity index (χ4n) is 2.76.